The molecule has 1 N–H and O–H groups in total. The normalized spacial score (nSPS) is 11.4. The molecule has 190 valence electrons. The molecule has 0 saturated heterocycles. The number of nitrogens with one attached hydrogen (secondary N) is 1. The lowest BCUT2D eigenvalue weighted by atomic mass is 10.1. The van der Waals surface area contributed by atoms with E-state index in [4.69, 9.17) is 28.4 Å². The number of hydrogen-bond donors (Lipinski definition) is 1. The van der Waals surface area contributed by atoms with Crippen molar-refractivity contribution in [1.29, 1.82) is 0 Å². The van der Waals surface area contributed by atoms with Crippen molar-refractivity contribution in [2.24, 2.45) is 0 Å². The summed E-state index contributed by atoms with van der Waals surface area (Å²) in [5.74, 6) is -0.151. The second-order valence-corrected chi connectivity index (χ2v) is 8.26. The third-order valence-corrected chi connectivity index (χ3v) is 4.01. The van der Waals surface area contributed by atoms with Gasteiger partial charge in [0, 0.05) is 13.0 Å². The first-order chi connectivity index (χ1) is 15.3. The van der Waals surface area contributed by atoms with Gasteiger partial charge >= 0.3 is 12.1 Å². The SMILES string of the molecule is CCCCCCCC(=O)OCCOCCOCCOCCOCCNC(=O)OC(C)(C)C. The maximum absolute atomic E-state index is 11.5. The van der Waals surface area contributed by atoms with Gasteiger partial charge in [0.2, 0.25) is 0 Å². The number of hydrogen-bond acceptors (Lipinski definition) is 8. The van der Waals surface area contributed by atoms with Crippen LogP contribution in [0.25, 0.3) is 0 Å². The molecule has 0 aliphatic rings. The van der Waals surface area contributed by atoms with E-state index in [1.54, 1.807) is 0 Å². The largest absolute Gasteiger partial charge is 0.463 e. The summed E-state index contributed by atoms with van der Waals surface area (Å²) in [4.78, 5) is 23.0. The van der Waals surface area contributed by atoms with Crippen LogP contribution in [-0.4, -0.2) is 83.7 Å². The van der Waals surface area contributed by atoms with Gasteiger partial charge in [-0.05, 0) is 27.2 Å². The molecule has 0 bridgehead atoms. The summed E-state index contributed by atoms with van der Waals surface area (Å²) in [7, 11) is 0. The first kappa shape index (κ1) is 30.6. The number of esters is 1. The summed E-state index contributed by atoms with van der Waals surface area (Å²) in [5.41, 5.74) is -0.505. The molecule has 0 heterocycles. The van der Waals surface area contributed by atoms with E-state index < -0.39 is 11.7 Å². The monoisotopic (exact) mass is 463 g/mol. The lowest BCUT2D eigenvalue weighted by molar-refractivity contribution is -0.145. The molecule has 0 rings (SSSR count). The van der Waals surface area contributed by atoms with Crippen LogP contribution in [0.4, 0.5) is 4.79 Å². The molecule has 0 atom stereocenters. The van der Waals surface area contributed by atoms with Gasteiger partial charge in [-0.3, -0.25) is 4.79 Å². The van der Waals surface area contributed by atoms with Crippen molar-refractivity contribution in [1.82, 2.24) is 5.32 Å². The fourth-order valence-corrected chi connectivity index (χ4v) is 2.46. The first-order valence-corrected chi connectivity index (χ1v) is 11.8. The average molecular weight is 464 g/mol. The highest BCUT2D eigenvalue weighted by atomic mass is 16.6. The van der Waals surface area contributed by atoms with Crippen LogP contribution in [-0.2, 0) is 33.2 Å². The number of carbonyl (C=O) groups is 2. The van der Waals surface area contributed by atoms with E-state index in [-0.39, 0.29) is 12.6 Å². The van der Waals surface area contributed by atoms with E-state index in [9.17, 15) is 9.59 Å². The molecule has 0 unspecified atom stereocenters. The van der Waals surface area contributed by atoms with Crippen molar-refractivity contribution in [3.05, 3.63) is 0 Å². The zero-order valence-corrected chi connectivity index (χ0v) is 20.6. The Bertz CT molecular complexity index is 454. The van der Waals surface area contributed by atoms with Crippen molar-refractivity contribution < 1.29 is 38.0 Å². The van der Waals surface area contributed by atoms with Crippen molar-refractivity contribution in [2.45, 2.75) is 71.8 Å². The van der Waals surface area contributed by atoms with E-state index >= 15 is 0 Å². The van der Waals surface area contributed by atoms with E-state index in [1.807, 2.05) is 20.8 Å². The number of rotatable bonds is 21. The Morgan fingerprint density at radius 2 is 1.19 bits per heavy atom. The second-order valence-electron chi connectivity index (χ2n) is 8.26. The van der Waals surface area contributed by atoms with Gasteiger partial charge in [-0.25, -0.2) is 4.79 Å². The zero-order chi connectivity index (χ0) is 23.9. The number of alkyl carbamates (subject to hydrolysis) is 1. The lowest BCUT2D eigenvalue weighted by Crippen LogP contribution is -2.34. The Balaban J connectivity index is 3.21. The standard InChI is InChI=1S/C23H45NO8/c1-5-6-7-8-9-10-21(25)31-20-19-30-18-17-29-16-15-28-14-13-27-12-11-24-22(26)32-23(2,3)4/h5-20H2,1-4H3,(H,24,26). The molecule has 32 heavy (non-hydrogen) atoms. The minimum atomic E-state index is -0.505. The Kier molecular flexibility index (Phi) is 20.5. The summed E-state index contributed by atoms with van der Waals surface area (Å²) in [5, 5.41) is 2.62. The second kappa shape index (κ2) is 21.4. The molecular weight excluding hydrogens is 418 g/mol. The lowest BCUT2D eigenvalue weighted by Gasteiger charge is -2.19. The fourth-order valence-electron chi connectivity index (χ4n) is 2.46. The quantitative estimate of drug-likeness (QED) is 0.204. The number of unbranched alkanes of at least 4 members (excludes halogenated alkanes) is 4. The maximum atomic E-state index is 11.5. The van der Waals surface area contributed by atoms with E-state index in [2.05, 4.69) is 12.2 Å². The van der Waals surface area contributed by atoms with Crippen LogP contribution in [0.2, 0.25) is 0 Å². The fraction of sp³-hybridized carbons (Fsp3) is 0.913. The van der Waals surface area contributed by atoms with Gasteiger partial charge in [0.1, 0.15) is 12.2 Å². The van der Waals surface area contributed by atoms with Crippen LogP contribution in [0.5, 0.6) is 0 Å². The van der Waals surface area contributed by atoms with Gasteiger partial charge in [-0.2, -0.15) is 0 Å². The summed E-state index contributed by atoms with van der Waals surface area (Å²) >= 11 is 0. The van der Waals surface area contributed by atoms with Gasteiger partial charge < -0.3 is 33.7 Å². The van der Waals surface area contributed by atoms with Crippen molar-refractivity contribution in [3.8, 4) is 0 Å². The van der Waals surface area contributed by atoms with Gasteiger partial charge in [0.15, 0.2) is 0 Å². The van der Waals surface area contributed by atoms with E-state index in [0.29, 0.717) is 65.8 Å². The highest BCUT2D eigenvalue weighted by Gasteiger charge is 2.15. The molecule has 1 amide bonds. The molecule has 0 fully saturated rings. The molecule has 0 spiro atoms. The van der Waals surface area contributed by atoms with Crippen molar-refractivity contribution in [2.75, 3.05) is 66.0 Å². The average Bonchev–Trinajstić information content (AvgIpc) is 2.72. The molecular formula is C23H45NO8. The van der Waals surface area contributed by atoms with Crippen LogP contribution >= 0.6 is 0 Å². The first-order valence-electron chi connectivity index (χ1n) is 11.8. The van der Waals surface area contributed by atoms with Gasteiger partial charge in [0.25, 0.3) is 0 Å². The van der Waals surface area contributed by atoms with Crippen molar-refractivity contribution >= 4 is 12.1 Å². The zero-order valence-electron chi connectivity index (χ0n) is 20.6. The predicted octanol–water partition coefficient (Wildman–Crippen LogP) is 3.48. The van der Waals surface area contributed by atoms with Crippen molar-refractivity contribution in [3.63, 3.8) is 0 Å². The number of carbonyl (C=O) groups excluding carboxylic acids is 2. The van der Waals surface area contributed by atoms with Gasteiger partial charge in [-0.15, -0.1) is 0 Å². The molecule has 9 heteroatoms. The molecule has 0 aromatic heterocycles. The topological polar surface area (TPSA) is 102 Å². The van der Waals surface area contributed by atoms with E-state index in [0.717, 1.165) is 12.8 Å². The third kappa shape index (κ3) is 24.8. The molecule has 0 aliphatic carbocycles. The van der Waals surface area contributed by atoms with Gasteiger partial charge in [-0.1, -0.05) is 32.6 Å². The molecule has 0 saturated carbocycles. The smallest absolute Gasteiger partial charge is 0.407 e. The molecule has 0 aromatic carbocycles. The molecule has 0 aliphatic heterocycles. The third-order valence-electron chi connectivity index (χ3n) is 4.01. The summed E-state index contributed by atoms with van der Waals surface area (Å²) in [6.07, 6.45) is 5.62. The number of ether oxygens (including phenoxy) is 6. The highest BCUT2D eigenvalue weighted by molar-refractivity contribution is 5.69. The Morgan fingerprint density at radius 1 is 0.688 bits per heavy atom. The van der Waals surface area contributed by atoms with Crippen LogP contribution in [0.3, 0.4) is 0 Å². The van der Waals surface area contributed by atoms with Crippen LogP contribution in [0.15, 0.2) is 0 Å². The minimum Gasteiger partial charge on any atom is -0.463 e. The van der Waals surface area contributed by atoms with Crippen LogP contribution < -0.4 is 5.32 Å². The van der Waals surface area contributed by atoms with Crippen LogP contribution in [0, 0.1) is 0 Å². The molecule has 0 radical (unpaired) electrons. The van der Waals surface area contributed by atoms with E-state index in [1.165, 1.54) is 19.3 Å². The van der Waals surface area contributed by atoms with Gasteiger partial charge in [0.05, 0.1) is 52.9 Å². The Hall–Kier alpha value is -1.42. The maximum Gasteiger partial charge on any atom is 0.407 e. The number of amides is 1. The summed E-state index contributed by atoms with van der Waals surface area (Å²) in [6, 6.07) is 0. The highest BCUT2D eigenvalue weighted by Crippen LogP contribution is 2.06. The Morgan fingerprint density at radius 3 is 1.72 bits per heavy atom. The van der Waals surface area contributed by atoms with Crippen LogP contribution in [0.1, 0.15) is 66.2 Å². The Labute approximate surface area is 193 Å². The summed E-state index contributed by atoms with van der Waals surface area (Å²) < 4.78 is 31.8. The molecule has 0 aromatic rings. The summed E-state index contributed by atoms with van der Waals surface area (Å²) in [6.45, 7) is 11.8. The predicted molar refractivity (Wildman–Crippen MR) is 122 cm³/mol. The molecule has 9 nitrogen and oxygen atoms in total. The minimum absolute atomic E-state index is 0.151.